The Bertz CT molecular complexity index is 336. The first-order valence-electron chi connectivity index (χ1n) is 4.03. The second-order valence-electron chi connectivity index (χ2n) is 3.98. The normalized spacial score (nSPS) is 11.7. The van der Waals surface area contributed by atoms with E-state index in [1.54, 1.807) is 0 Å². The van der Waals surface area contributed by atoms with Crippen LogP contribution < -0.4 is 0 Å². The minimum absolute atomic E-state index is 0.0751. The lowest BCUT2D eigenvalue weighted by atomic mass is 9.92. The highest BCUT2D eigenvalue weighted by molar-refractivity contribution is 7.13. The summed E-state index contributed by atoms with van der Waals surface area (Å²) in [6.07, 6.45) is 0. The average Bonchev–Trinajstić information content (AvgIpc) is 2.29. The second kappa shape index (κ2) is 3.10. The number of hydrogen-bond acceptors (Lipinski definition) is 3. The Morgan fingerprint density at radius 2 is 2.00 bits per heavy atom. The molecule has 0 saturated heterocycles. The number of nitrogens with zero attached hydrogens (tertiary/aromatic N) is 1. The maximum Gasteiger partial charge on any atom is 0.365 e. The van der Waals surface area contributed by atoms with Crippen molar-refractivity contribution in [1.82, 2.24) is 4.98 Å². The first kappa shape index (κ1) is 10.2. The van der Waals surface area contributed by atoms with Crippen molar-refractivity contribution in [1.29, 1.82) is 0 Å². The van der Waals surface area contributed by atoms with Crippen LogP contribution in [0.2, 0.25) is 0 Å². The third-order valence-electron chi connectivity index (χ3n) is 1.69. The quantitative estimate of drug-likeness (QED) is 0.755. The summed E-state index contributed by atoms with van der Waals surface area (Å²) in [6, 6.07) is 0. The summed E-state index contributed by atoms with van der Waals surface area (Å²) in [7, 11) is 0. The SMILES string of the molecule is Cc1sc(C(=O)O)nc1C(C)(C)C. The van der Waals surface area contributed by atoms with Crippen LogP contribution in [0.1, 0.15) is 41.1 Å². The highest BCUT2D eigenvalue weighted by atomic mass is 32.1. The number of thiazole rings is 1. The van der Waals surface area contributed by atoms with Gasteiger partial charge in [0.2, 0.25) is 5.01 Å². The van der Waals surface area contributed by atoms with Gasteiger partial charge in [-0.1, -0.05) is 20.8 Å². The second-order valence-corrected chi connectivity index (χ2v) is 5.18. The number of aromatic nitrogens is 1. The van der Waals surface area contributed by atoms with Crippen molar-refractivity contribution in [3.8, 4) is 0 Å². The maximum atomic E-state index is 10.6. The van der Waals surface area contributed by atoms with Gasteiger partial charge >= 0.3 is 5.97 Å². The topological polar surface area (TPSA) is 50.2 Å². The monoisotopic (exact) mass is 199 g/mol. The van der Waals surface area contributed by atoms with Gasteiger partial charge in [0, 0.05) is 10.3 Å². The summed E-state index contributed by atoms with van der Waals surface area (Å²) in [4.78, 5) is 15.7. The van der Waals surface area contributed by atoms with E-state index >= 15 is 0 Å². The molecule has 0 aliphatic heterocycles. The van der Waals surface area contributed by atoms with Gasteiger partial charge in [-0.25, -0.2) is 9.78 Å². The Labute approximate surface area is 81.4 Å². The fourth-order valence-electron chi connectivity index (χ4n) is 1.18. The molecule has 0 aliphatic rings. The summed E-state index contributed by atoms with van der Waals surface area (Å²) in [5.41, 5.74) is 0.809. The van der Waals surface area contributed by atoms with E-state index in [9.17, 15) is 4.79 Å². The Balaban J connectivity index is 3.18. The van der Waals surface area contributed by atoms with Gasteiger partial charge in [0.1, 0.15) is 0 Å². The lowest BCUT2D eigenvalue weighted by Gasteiger charge is -2.15. The van der Waals surface area contributed by atoms with Crippen molar-refractivity contribution in [2.24, 2.45) is 0 Å². The van der Waals surface area contributed by atoms with E-state index in [2.05, 4.69) is 4.98 Å². The van der Waals surface area contributed by atoms with Crippen molar-refractivity contribution in [3.05, 3.63) is 15.6 Å². The summed E-state index contributed by atoms with van der Waals surface area (Å²) < 4.78 is 0. The van der Waals surface area contributed by atoms with E-state index in [1.807, 2.05) is 27.7 Å². The molecule has 0 atom stereocenters. The van der Waals surface area contributed by atoms with Gasteiger partial charge in [-0.2, -0.15) is 0 Å². The van der Waals surface area contributed by atoms with Gasteiger partial charge in [0.15, 0.2) is 0 Å². The van der Waals surface area contributed by atoms with Crippen LogP contribution in [0.15, 0.2) is 0 Å². The Morgan fingerprint density at radius 3 is 2.23 bits per heavy atom. The molecule has 4 heteroatoms. The number of rotatable bonds is 1. The van der Waals surface area contributed by atoms with Crippen LogP contribution in [0.5, 0.6) is 0 Å². The predicted molar refractivity (Wildman–Crippen MR) is 52.5 cm³/mol. The van der Waals surface area contributed by atoms with Gasteiger partial charge in [-0.05, 0) is 6.92 Å². The molecule has 0 fully saturated rings. The Kier molecular flexibility index (Phi) is 2.43. The summed E-state index contributed by atoms with van der Waals surface area (Å²) in [6.45, 7) is 7.99. The average molecular weight is 199 g/mol. The number of aromatic carboxylic acids is 1. The Hall–Kier alpha value is -0.900. The lowest BCUT2D eigenvalue weighted by molar-refractivity contribution is 0.0696. The molecule has 1 rings (SSSR count). The minimum Gasteiger partial charge on any atom is -0.476 e. The van der Waals surface area contributed by atoms with Crippen LogP contribution in [-0.4, -0.2) is 16.1 Å². The van der Waals surface area contributed by atoms with Gasteiger partial charge in [0.05, 0.1) is 5.69 Å². The van der Waals surface area contributed by atoms with Crippen molar-refractivity contribution in [3.63, 3.8) is 0 Å². The smallest absolute Gasteiger partial charge is 0.365 e. The van der Waals surface area contributed by atoms with Crippen LogP contribution in [0, 0.1) is 6.92 Å². The first-order chi connectivity index (χ1) is 5.82. The van der Waals surface area contributed by atoms with Crippen molar-refractivity contribution in [2.45, 2.75) is 33.1 Å². The largest absolute Gasteiger partial charge is 0.476 e. The fourth-order valence-corrected chi connectivity index (χ4v) is 2.15. The van der Waals surface area contributed by atoms with Crippen LogP contribution in [0.4, 0.5) is 0 Å². The lowest BCUT2D eigenvalue weighted by Crippen LogP contribution is -2.13. The standard InChI is InChI=1S/C9H13NO2S/c1-5-6(9(2,3)4)10-7(13-5)8(11)12/h1-4H3,(H,11,12). The molecule has 0 radical (unpaired) electrons. The summed E-state index contributed by atoms with van der Waals surface area (Å²) in [5.74, 6) is -0.941. The van der Waals surface area contributed by atoms with Crippen molar-refractivity contribution < 1.29 is 9.90 Å². The Morgan fingerprint density at radius 1 is 1.46 bits per heavy atom. The van der Waals surface area contributed by atoms with E-state index in [0.717, 1.165) is 10.6 Å². The molecule has 1 aromatic rings. The van der Waals surface area contributed by atoms with Crippen molar-refractivity contribution >= 4 is 17.3 Å². The highest BCUT2D eigenvalue weighted by Gasteiger charge is 2.22. The van der Waals surface area contributed by atoms with Crippen LogP contribution >= 0.6 is 11.3 Å². The zero-order valence-electron chi connectivity index (χ0n) is 8.21. The molecule has 0 saturated carbocycles. The molecule has 3 nitrogen and oxygen atoms in total. The van der Waals surface area contributed by atoms with Crippen LogP contribution in [0.25, 0.3) is 0 Å². The zero-order chi connectivity index (χ0) is 10.2. The first-order valence-corrected chi connectivity index (χ1v) is 4.85. The summed E-state index contributed by atoms with van der Waals surface area (Å²) >= 11 is 1.24. The molecule has 1 aromatic heterocycles. The molecule has 0 unspecified atom stereocenters. The minimum atomic E-state index is -0.941. The molecule has 0 amide bonds. The number of carboxylic acids is 1. The van der Waals surface area contributed by atoms with E-state index in [0.29, 0.717) is 0 Å². The van der Waals surface area contributed by atoms with E-state index in [4.69, 9.17) is 5.11 Å². The number of aryl methyl sites for hydroxylation is 1. The third-order valence-corrected chi connectivity index (χ3v) is 2.65. The van der Waals surface area contributed by atoms with E-state index < -0.39 is 5.97 Å². The van der Waals surface area contributed by atoms with Crippen LogP contribution in [0.3, 0.4) is 0 Å². The van der Waals surface area contributed by atoms with E-state index in [1.165, 1.54) is 11.3 Å². The number of carboxylic acid groups (broad SMARTS) is 1. The third kappa shape index (κ3) is 2.06. The van der Waals surface area contributed by atoms with Gasteiger partial charge < -0.3 is 5.11 Å². The number of hydrogen-bond donors (Lipinski definition) is 1. The van der Waals surface area contributed by atoms with Crippen LogP contribution in [-0.2, 0) is 5.41 Å². The molecule has 0 bridgehead atoms. The van der Waals surface area contributed by atoms with E-state index in [-0.39, 0.29) is 10.4 Å². The molecule has 1 N–H and O–H groups in total. The molecular weight excluding hydrogens is 186 g/mol. The molecule has 13 heavy (non-hydrogen) atoms. The van der Waals surface area contributed by atoms with Gasteiger partial charge in [-0.3, -0.25) is 0 Å². The molecule has 0 spiro atoms. The molecule has 0 aliphatic carbocycles. The fraction of sp³-hybridized carbons (Fsp3) is 0.556. The number of carbonyl (C=O) groups is 1. The summed E-state index contributed by atoms with van der Waals surface area (Å²) in [5, 5.41) is 8.92. The molecule has 72 valence electrons. The molecule has 0 aromatic carbocycles. The zero-order valence-corrected chi connectivity index (χ0v) is 9.03. The maximum absolute atomic E-state index is 10.6. The molecular formula is C9H13NO2S. The van der Waals surface area contributed by atoms with Crippen molar-refractivity contribution in [2.75, 3.05) is 0 Å². The predicted octanol–water partition coefficient (Wildman–Crippen LogP) is 2.45. The highest BCUT2D eigenvalue weighted by Crippen LogP contribution is 2.28. The molecule has 1 heterocycles. The van der Waals surface area contributed by atoms with Gasteiger partial charge in [0.25, 0.3) is 0 Å². The van der Waals surface area contributed by atoms with Gasteiger partial charge in [-0.15, -0.1) is 11.3 Å².